The number of pyridine rings is 1. The Bertz CT molecular complexity index is 462. The lowest BCUT2D eigenvalue weighted by molar-refractivity contribution is 1.34. The molecule has 0 saturated heterocycles. The molecule has 0 bridgehead atoms. The fraction of sp³-hybridized carbons (Fsp3) is 0. The van der Waals surface area contributed by atoms with Crippen LogP contribution < -0.4 is 0 Å². The Labute approximate surface area is 97.4 Å². The zero-order valence-corrected chi connectivity index (χ0v) is 10.3. The van der Waals surface area contributed by atoms with E-state index in [1.165, 1.54) is 0 Å². The van der Waals surface area contributed by atoms with Gasteiger partial charge in [0.05, 0.1) is 0 Å². The maximum absolute atomic E-state index is 5.97. The van der Waals surface area contributed by atoms with Gasteiger partial charge in [-0.3, -0.25) is 0 Å². The normalized spacial score (nSPS) is 10.7. The first-order valence-corrected chi connectivity index (χ1v) is 5.55. The molecule has 1 aromatic carbocycles. The fourth-order valence-electron chi connectivity index (χ4n) is 1.18. The van der Waals surface area contributed by atoms with E-state index in [-0.39, 0.29) is 0 Å². The smallest absolute Gasteiger partial charge is 0.138 e. The van der Waals surface area contributed by atoms with E-state index in [0.29, 0.717) is 5.15 Å². The van der Waals surface area contributed by atoms with Gasteiger partial charge in [0, 0.05) is 25.9 Å². The van der Waals surface area contributed by atoms with Gasteiger partial charge in [0.1, 0.15) is 5.15 Å². The summed E-state index contributed by atoms with van der Waals surface area (Å²) >= 11 is 12.8. The van der Waals surface area contributed by atoms with E-state index in [1.54, 1.807) is 6.20 Å². The van der Waals surface area contributed by atoms with E-state index in [1.807, 2.05) is 18.2 Å². The summed E-state index contributed by atoms with van der Waals surface area (Å²) in [5, 5.41) is 2.53. The zero-order valence-electron chi connectivity index (χ0n) is 6.39. The van der Waals surface area contributed by atoms with Crippen molar-refractivity contribution in [2.45, 2.75) is 0 Å². The van der Waals surface area contributed by atoms with Gasteiger partial charge in [0.25, 0.3) is 0 Å². The molecule has 0 amide bonds. The molecule has 1 aromatic heterocycles. The minimum atomic E-state index is 0.519. The van der Waals surface area contributed by atoms with E-state index >= 15 is 0 Å². The molecule has 1 nitrogen and oxygen atoms in total. The van der Waals surface area contributed by atoms with E-state index in [4.69, 9.17) is 11.6 Å². The lowest BCUT2D eigenvalue weighted by Crippen LogP contribution is -1.81. The van der Waals surface area contributed by atoms with Crippen LogP contribution in [0.3, 0.4) is 0 Å². The molecule has 0 aliphatic rings. The van der Waals surface area contributed by atoms with Gasteiger partial charge < -0.3 is 0 Å². The summed E-state index contributed by atoms with van der Waals surface area (Å²) in [5.74, 6) is 0. The molecule has 13 heavy (non-hydrogen) atoms. The van der Waals surface area contributed by atoms with E-state index in [0.717, 1.165) is 19.7 Å². The van der Waals surface area contributed by atoms with Gasteiger partial charge in [-0.15, -0.1) is 0 Å². The molecule has 0 atom stereocenters. The third-order valence-electron chi connectivity index (χ3n) is 1.77. The Morgan fingerprint density at radius 1 is 1.15 bits per heavy atom. The van der Waals surface area contributed by atoms with Crippen LogP contribution in [0.5, 0.6) is 0 Å². The van der Waals surface area contributed by atoms with Crippen molar-refractivity contribution in [1.29, 1.82) is 0 Å². The van der Waals surface area contributed by atoms with Crippen LogP contribution in [0.15, 0.2) is 33.3 Å². The fourth-order valence-corrected chi connectivity index (χ4v) is 2.53. The monoisotopic (exact) mass is 319 g/mol. The number of fused-ring (bicyclic) bond motifs is 1. The van der Waals surface area contributed by atoms with Crippen molar-refractivity contribution in [2.75, 3.05) is 0 Å². The third-order valence-corrected chi connectivity index (χ3v) is 3.35. The quantitative estimate of drug-likeness (QED) is 0.655. The second-order valence-corrected chi connectivity index (χ2v) is 4.63. The Kier molecular flexibility index (Phi) is 2.58. The predicted octanol–water partition coefficient (Wildman–Crippen LogP) is 4.41. The summed E-state index contributed by atoms with van der Waals surface area (Å²) in [6.45, 7) is 0. The van der Waals surface area contributed by atoms with Gasteiger partial charge in [-0.1, -0.05) is 39.7 Å². The van der Waals surface area contributed by atoms with Crippen LogP contribution in [0.2, 0.25) is 5.15 Å². The minimum absolute atomic E-state index is 0.519. The highest BCUT2D eigenvalue weighted by Gasteiger charge is 2.06. The van der Waals surface area contributed by atoms with Crippen molar-refractivity contribution < 1.29 is 0 Å². The van der Waals surface area contributed by atoms with E-state index in [2.05, 4.69) is 36.8 Å². The molecule has 2 aromatic rings. The highest BCUT2D eigenvalue weighted by atomic mass is 79.9. The lowest BCUT2D eigenvalue weighted by Gasteiger charge is -2.03. The van der Waals surface area contributed by atoms with Gasteiger partial charge >= 0.3 is 0 Å². The molecular weight excluding hydrogens is 317 g/mol. The Morgan fingerprint density at radius 2 is 1.92 bits per heavy atom. The molecule has 0 aliphatic heterocycles. The molecule has 0 N–H and O–H groups in total. The van der Waals surface area contributed by atoms with Crippen molar-refractivity contribution in [1.82, 2.24) is 4.98 Å². The Morgan fingerprint density at radius 3 is 2.62 bits per heavy atom. The molecule has 0 spiro atoms. The van der Waals surface area contributed by atoms with E-state index in [9.17, 15) is 0 Å². The SMILES string of the molecule is Clc1ncc(Br)c2cccc(Br)c12. The van der Waals surface area contributed by atoms with Crippen molar-refractivity contribution in [3.63, 3.8) is 0 Å². The van der Waals surface area contributed by atoms with Crippen LogP contribution in [-0.2, 0) is 0 Å². The summed E-state index contributed by atoms with van der Waals surface area (Å²) in [4.78, 5) is 4.06. The molecule has 0 radical (unpaired) electrons. The maximum Gasteiger partial charge on any atom is 0.138 e. The van der Waals surface area contributed by atoms with Crippen molar-refractivity contribution in [3.05, 3.63) is 38.5 Å². The van der Waals surface area contributed by atoms with Crippen LogP contribution in [0.4, 0.5) is 0 Å². The first-order chi connectivity index (χ1) is 6.20. The molecule has 0 unspecified atom stereocenters. The largest absolute Gasteiger partial charge is 0.243 e. The van der Waals surface area contributed by atoms with Crippen LogP contribution in [0.25, 0.3) is 10.8 Å². The van der Waals surface area contributed by atoms with Crippen molar-refractivity contribution in [2.24, 2.45) is 0 Å². The Hall–Kier alpha value is -0.120. The summed E-state index contributed by atoms with van der Waals surface area (Å²) in [5.41, 5.74) is 0. The van der Waals surface area contributed by atoms with Gasteiger partial charge in [-0.2, -0.15) is 0 Å². The minimum Gasteiger partial charge on any atom is -0.243 e. The lowest BCUT2D eigenvalue weighted by atomic mass is 10.2. The number of nitrogens with zero attached hydrogens (tertiary/aromatic N) is 1. The van der Waals surface area contributed by atoms with Gasteiger partial charge in [-0.05, 0) is 22.0 Å². The topological polar surface area (TPSA) is 12.9 Å². The third kappa shape index (κ3) is 1.60. The summed E-state index contributed by atoms with van der Waals surface area (Å²) < 4.78 is 1.91. The molecular formula is C9H4Br2ClN. The number of halogens is 3. The van der Waals surface area contributed by atoms with Gasteiger partial charge in [-0.25, -0.2) is 4.98 Å². The molecule has 4 heteroatoms. The number of hydrogen-bond acceptors (Lipinski definition) is 1. The van der Waals surface area contributed by atoms with Gasteiger partial charge in [0.15, 0.2) is 0 Å². The first-order valence-electron chi connectivity index (χ1n) is 3.58. The number of hydrogen-bond donors (Lipinski definition) is 0. The highest BCUT2D eigenvalue weighted by molar-refractivity contribution is 9.11. The van der Waals surface area contributed by atoms with Crippen molar-refractivity contribution in [3.8, 4) is 0 Å². The number of benzene rings is 1. The molecule has 0 saturated carbocycles. The second kappa shape index (κ2) is 3.56. The Balaban J connectivity index is 3.00. The average Bonchev–Trinajstić information content (AvgIpc) is 2.12. The second-order valence-electron chi connectivity index (χ2n) is 2.56. The van der Waals surface area contributed by atoms with Crippen LogP contribution in [-0.4, -0.2) is 4.98 Å². The summed E-state index contributed by atoms with van der Waals surface area (Å²) in [6, 6.07) is 5.91. The van der Waals surface area contributed by atoms with Gasteiger partial charge in [0.2, 0.25) is 0 Å². The standard InChI is InChI=1S/C9H4Br2ClN/c10-6-3-1-2-5-7(11)4-13-9(12)8(5)6/h1-4H. The highest BCUT2D eigenvalue weighted by Crippen LogP contribution is 2.33. The van der Waals surface area contributed by atoms with Crippen LogP contribution >= 0.6 is 43.5 Å². The molecule has 0 fully saturated rings. The van der Waals surface area contributed by atoms with Crippen LogP contribution in [0, 0.1) is 0 Å². The van der Waals surface area contributed by atoms with Crippen molar-refractivity contribution >= 4 is 54.2 Å². The number of aromatic nitrogens is 1. The first kappa shape index (κ1) is 9.44. The molecule has 66 valence electrons. The average molecular weight is 321 g/mol. The predicted molar refractivity (Wildman–Crippen MR) is 62.2 cm³/mol. The number of rotatable bonds is 0. The molecule has 2 rings (SSSR count). The molecule has 0 aliphatic carbocycles. The van der Waals surface area contributed by atoms with Crippen LogP contribution in [0.1, 0.15) is 0 Å². The summed E-state index contributed by atoms with van der Waals surface area (Å²) in [7, 11) is 0. The maximum atomic E-state index is 5.97. The van der Waals surface area contributed by atoms with E-state index < -0.39 is 0 Å². The summed E-state index contributed by atoms with van der Waals surface area (Å²) in [6.07, 6.45) is 1.71. The molecule has 1 heterocycles. The zero-order chi connectivity index (χ0) is 9.42.